The maximum Gasteiger partial charge on any atom is 0.417 e. The Kier molecular flexibility index (Phi) is 9.05. The van der Waals surface area contributed by atoms with Gasteiger partial charge in [-0.3, -0.25) is 14.3 Å². The molecule has 0 saturated carbocycles. The number of rotatable bonds is 7. The van der Waals surface area contributed by atoms with E-state index in [9.17, 15) is 35.9 Å². The Morgan fingerprint density at radius 1 is 1.07 bits per heavy atom. The minimum Gasteiger partial charge on any atom is -0.491 e. The van der Waals surface area contributed by atoms with Gasteiger partial charge in [0.1, 0.15) is 23.7 Å². The Balaban J connectivity index is 1.30. The van der Waals surface area contributed by atoms with Crippen molar-refractivity contribution < 1.29 is 45.1 Å². The molecule has 4 aromatic rings. The molecule has 0 bridgehead atoms. The van der Waals surface area contributed by atoms with Crippen LogP contribution in [0.25, 0.3) is 17.1 Å². The summed E-state index contributed by atoms with van der Waals surface area (Å²) in [6, 6.07) is 9.27. The molecule has 17 heteroatoms. The number of pyridine rings is 1. The third-order valence-corrected chi connectivity index (χ3v) is 7.31. The van der Waals surface area contributed by atoms with E-state index in [4.69, 9.17) is 4.74 Å². The Bertz CT molecular complexity index is 1810. The number of anilines is 2. The number of aromatic nitrogens is 3. The predicted octanol–water partition coefficient (Wildman–Crippen LogP) is 7.40. The van der Waals surface area contributed by atoms with Crippen molar-refractivity contribution in [1.29, 1.82) is 0 Å². The number of nitrogens with zero attached hydrogens (tertiary/aromatic N) is 5. The molecule has 1 saturated heterocycles. The van der Waals surface area contributed by atoms with E-state index in [-0.39, 0.29) is 45.1 Å². The van der Waals surface area contributed by atoms with Gasteiger partial charge in [0.15, 0.2) is 5.17 Å². The SMILES string of the molecule is Cc1ccc(OCCC(F)(F)F)c(N2C(=O)CSC2=NC(=O)Nc2ccc(-c3cn(-c4ccc(C(F)(F)F)cn4)cn3)cc2F)c1. The van der Waals surface area contributed by atoms with E-state index in [1.54, 1.807) is 13.0 Å². The Hall–Kier alpha value is -4.93. The number of hydrogen-bond donors (Lipinski definition) is 1. The van der Waals surface area contributed by atoms with E-state index in [0.717, 1.165) is 34.9 Å². The number of amidine groups is 1. The fourth-order valence-corrected chi connectivity index (χ4v) is 5.05. The minimum absolute atomic E-state index is 0.0167. The molecule has 2 aromatic carbocycles. The summed E-state index contributed by atoms with van der Waals surface area (Å²) in [4.78, 5) is 38.4. The van der Waals surface area contributed by atoms with Crippen molar-refractivity contribution in [3.8, 4) is 22.8 Å². The van der Waals surface area contributed by atoms with Gasteiger partial charge in [0.2, 0.25) is 5.91 Å². The first-order valence-electron chi connectivity index (χ1n) is 13.2. The highest BCUT2D eigenvalue weighted by atomic mass is 32.2. The summed E-state index contributed by atoms with van der Waals surface area (Å²) in [5.74, 6) is -1.33. The van der Waals surface area contributed by atoms with E-state index < -0.39 is 48.7 Å². The number of hydrogen-bond acceptors (Lipinski definition) is 6. The Labute approximate surface area is 260 Å². The van der Waals surface area contributed by atoms with E-state index in [2.05, 4.69) is 20.3 Å². The summed E-state index contributed by atoms with van der Waals surface area (Å²) in [5, 5.41) is 2.20. The van der Waals surface area contributed by atoms with Gasteiger partial charge < -0.3 is 10.1 Å². The Morgan fingerprint density at radius 3 is 2.52 bits per heavy atom. The standard InChI is InChI=1S/C29H21F7N6O3S/c1-16-2-6-23(45-9-8-28(31,32)33)22(10-16)42-25(43)14-46-27(42)40-26(44)39-20-5-3-17(11-19(20)30)21-13-41(15-38-21)24-7-4-18(12-37-24)29(34,35)36/h2-7,10-13,15H,8-9,14H2,1H3,(H,39,44). The molecule has 9 nitrogen and oxygen atoms in total. The summed E-state index contributed by atoms with van der Waals surface area (Å²) < 4.78 is 98.1. The lowest BCUT2D eigenvalue weighted by molar-refractivity contribution is -0.140. The molecular weight excluding hydrogens is 645 g/mol. The van der Waals surface area contributed by atoms with E-state index in [1.807, 2.05) is 0 Å². The Morgan fingerprint density at radius 2 is 1.85 bits per heavy atom. The van der Waals surface area contributed by atoms with Crippen LogP contribution in [-0.2, 0) is 11.0 Å². The van der Waals surface area contributed by atoms with Gasteiger partial charge >= 0.3 is 18.4 Å². The van der Waals surface area contributed by atoms with Crippen LogP contribution in [-0.4, -0.2) is 50.2 Å². The fraction of sp³-hybridized carbons (Fsp3) is 0.207. The largest absolute Gasteiger partial charge is 0.491 e. The maximum atomic E-state index is 15.0. The van der Waals surface area contributed by atoms with Gasteiger partial charge in [-0.05, 0) is 48.9 Å². The minimum atomic E-state index is -4.54. The van der Waals surface area contributed by atoms with Crippen LogP contribution in [0.5, 0.6) is 5.75 Å². The summed E-state index contributed by atoms with van der Waals surface area (Å²) >= 11 is 0.906. The van der Waals surface area contributed by atoms with Gasteiger partial charge in [-0.1, -0.05) is 23.9 Å². The van der Waals surface area contributed by atoms with Gasteiger partial charge in [-0.25, -0.2) is 19.2 Å². The predicted molar refractivity (Wildman–Crippen MR) is 155 cm³/mol. The molecule has 240 valence electrons. The van der Waals surface area contributed by atoms with Gasteiger partial charge in [-0.15, -0.1) is 0 Å². The third-order valence-electron chi connectivity index (χ3n) is 6.39. The number of carbonyl (C=O) groups excluding carboxylic acids is 2. The average molecular weight is 667 g/mol. The molecule has 1 aliphatic heterocycles. The lowest BCUT2D eigenvalue weighted by Gasteiger charge is -2.20. The van der Waals surface area contributed by atoms with Crippen LogP contribution in [0.1, 0.15) is 17.5 Å². The lowest BCUT2D eigenvalue weighted by Crippen LogP contribution is -2.31. The number of halogens is 7. The molecule has 0 unspecified atom stereocenters. The average Bonchev–Trinajstić information content (AvgIpc) is 3.61. The lowest BCUT2D eigenvalue weighted by atomic mass is 10.1. The second-order valence-corrected chi connectivity index (χ2v) is 10.7. The van der Waals surface area contributed by atoms with Crippen LogP contribution >= 0.6 is 11.8 Å². The molecule has 1 N–H and O–H groups in total. The molecule has 0 aliphatic carbocycles. The monoisotopic (exact) mass is 666 g/mol. The number of urea groups is 1. The van der Waals surface area contributed by atoms with Crippen LogP contribution < -0.4 is 15.0 Å². The highest BCUT2D eigenvalue weighted by Crippen LogP contribution is 2.36. The van der Waals surface area contributed by atoms with Gasteiger partial charge in [-0.2, -0.15) is 31.3 Å². The fourth-order valence-electron chi connectivity index (χ4n) is 4.19. The number of nitrogens with one attached hydrogen (secondary N) is 1. The third kappa shape index (κ3) is 7.64. The molecular formula is C29H21F7N6O3S. The highest BCUT2D eigenvalue weighted by molar-refractivity contribution is 8.15. The molecule has 1 aliphatic rings. The smallest absolute Gasteiger partial charge is 0.417 e. The van der Waals surface area contributed by atoms with Crippen molar-refractivity contribution >= 4 is 40.2 Å². The quantitative estimate of drug-likeness (QED) is 0.206. The molecule has 5 rings (SSSR count). The van der Waals surface area contributed by atoms with Crippen molar-refractivity contribution in [1.82, 2.24) is 14.5 Å². The first-order chi connectivity index (χ1) is 21.7. The number of amides is 3. The number of imidazole rings is 1. The molecule has 1 fully saturated rings. The first-order valence-corrected chi connectivity index (χ1v) is 14.2. The second kappa shape index (κ2) is 12.8. The molecule has 0 radical (unpaired) electrons. The van der Waals surface area contributed by atoms with Crippen molar-refractivity contribution in [2.24, 2.45) is 4.99 Å². The maximum absolute atomic E-state index is 15.0. The number of alkyl halides is 6. The number of ether oxygens (including phenoxy) is 1. The van der Waals surface area contributed by atoms with Crippen LogP contribution in [0.2, 0.25) is 0 Å². The molecule has 0 spiro atoms. The zero-order valence-corrected chi connectivity index (χ0v) is 24.3. The van der Waals surface area contributed by atoms with E-state index >= 15 is 4.39 Å². The van der Waals surface area contributed by atoms with Crippen molar-refractivity contribution in [3.63, 3.8) is 0 Å². The van der Waals surface area contributed by atoms with Gasteiger partial charge in [0, 0.05) is 18.0 Å². The number of thioether (sulfide) groups is 1. The van der Waals surface area contributed by atoms with E-state index in [0.29, 0.717) is 11.8 Å². The number of aliphatic imine (C=N–C) groups is 1. The topological polar surface area (TPSA) is 102 Å². The summed E-state index contributed by atoms with van der Waals surface area (Å²) in [5.41, 5.74) is 0.143. The van der Waals surface area contributed by atoms with Gasteiger partial charge in [0.25, 0.3) is 0 Å². The molecule has 3 heterocycles. The first kappa shape index (κ1) is 32.5. The van der Waals surface area contributed by atoms with Crippen molar-refractivity contribution in [3.05, 3.63) is 84.2 Å². The number of benzene rings is 2. The molecule has 46 heavy (non-hydrogen) atoms. The molecule has 0 atom stereocenters. The highest BCUT2D eigenvalue weighted by Gasteiger charge is 2.34. The van der Waals surface area contributed by atoms with Crippen molar-refractivity contribution in [2.45, 2.75) is 25.7 Å². The molecule has 2 aromatic heterocycles. The molecule has 3 amide bonds. The van der Waals surface area contributed by atoms with Crippen molar-refractivity contribution in [2.75, 3.05) is 22.6 Å². The van der Waals surface area contributed by atoms with Crippen LogP contribution in [0.4, 0.5) is 46.9 Å². The van der Waals surface area contributed by atoms with E-state index in [1.165, 1.54) is 41.4 Å². The zero-order valence-electron chi connectivity index (χ0n) is 23.5. The summed E-state index contributed by atoms with van der Waals surface area (Å²) in [6.07, 6.45) is -6.79. The number of carbonyl (C=O) groups is 2. The van der Waals surface area contributed by atoms with Crippen LogP contribution in [0.15, 0.2) is 72.2 Å². The normalized spacial score (nSPS) is 14.7. The number of aryl methyl sites for hydroxylation is 1. The summed E-state index contributed by atoms with van der Waals surface area (Å²) in [6.45, 7) is 1.01. The van der Waals surface area contributed by atoms with Gasteiger partial charge in [0.05, 0.1) is 41.4 Å². The van der Waals surface area contributed by atoms with Crippen LogP contribution in [0.3, 0.4) is 0 Å². The summed E-state index contributed by atoms with van der Waals surface area (Å²) in [7, 11) is 0. The second-order valence-electron chi connectivity index (χ2n) is 9.79. The van der Waals surface area contributed by atoms with Crippen LogP contribution in [0, 0.1) is 12.7 Å². The zero-order chi connectivity index (χ0) is 33.2.